The average molecular weight is 355 g/mol. The molecule has 0 radical (unpaired) electrons. The number of carbonyl (C=O) groups excluding carboxylic acids is 2. The van der Waals surface area contributed by atoms with Crippen LogP contribution in [0.25, 0.3) is 0 Å². The molecule has 0 saturated carbocycles. The number of hydrogen-bond acceptors (Lipinski definition) is 5. The Morgan fingerprint density at radius 1 is 1.31 bits per heavy atom. The normalized spacial score (nSPS) is 19.8. The minimum atomic E-state index is -0.418. The fourth-order valence-corrected chi connectivity index (χ4v) is 3.68. The molecule has 0 unspecified atom stereocenters. The van der Waals surface area contributed by atoms with Crippen molar-refractivity contribution in [1.29, 1.82) is 0 Å². The molecule has 0 spiro atoms. The highest BCUT2D eigenvalue weighted by Crippen LogP contribution is 2.43. The summed E-state index contributed by atoms with van der Waals surface area (Å²) in [5, 5.41) is 3.29. The van der Waals surface area contributed by atoms with Gasteiger partial charge in [0.2, 0.25) is 0 Å². The number of esters is 1. The molecule has 138 valence electrons. The number of nitrogens with one attached hydrogen (secondary N) is 1. The summed E-state index contributed by atoms with van der Waals surface area (Å²) in [6.45, 7) is 4.19. The molecule has 0 saturated heterocycles. The second kappa shape index (κ2) is 7.77. The molecule has 0 fully saturated rings. The summed E-state index contributed by atoms with van der Waals surface area (Å²) < 4.78 is 10.8. The van der Waals surface area contributed by atoms with Crippen molar-refractivity contribution >= 4 is 11.8 Å². The van der Waals surface area contributed by atoms with Gasteiger partial charge in [-0.05, 0) is 43.9 Å². The van der Waals surface area contributed by atoms with E-state index in [0.29, 0.717) is 29.9 Å². The fraction of sp³-hybridized carbons (Fsp3) is 0.429. The Labute approximate surface area is 154 Å². The quantitative estimate of drug-likeness (QED) is 0.818. The molecule has 1 aliphatic heterocycles. The van der Waals surface area contributed by atoms with Crippen LogP contribution in [-0.2, 0) is 14.3 Å². The standard InChI is InChI=1S/C21H25NO4/c1-4-11-26-21(24)18-13(2)22-16-9-6-10-17(23)20(16)19(18)14-7-5-8-15(12-14)25-3/h5,7-8,12,19,22H,4,6,9-11H2,1-3H3/t19-/m1/s1. The van der Waals surface area contributed by atoms with Crippen LogP contribution in [0, 0.1) is 0 Å². The molecule has 0 aromatic heterocycles. The second-order valence-electron chi connectivity index (χ2n) is 6.68. The van der Waals surface area contributed by atoms with Crippen LogP contribution in [0.3, 0.4) is 0 Å². The lowest BCUT2D eigenvalue weighted by atomic mass is 9.75. The summed E-state index contributed by atoms with van der Waals surface area (Å²) in [5.41, 5.74) is 3.77. The van der Waals surface area contributed by atoms with Crippen LogP contribution in [0.1, 0.15) is 51.0 Å². The topological polar surface area (TPSA) is 64.6 Å². The van der Waals surface area contributed by atoms with Crippen molar-refractivity contribution in [3.8, 4) is 5.75 Å². The van der Waals surface area contributed by atoms with Crippen LogP contribution >= 0.6 is 0 Å². The van der Waals surface area contributed by atoms with Crippen LogP contribution in [0.5, 0.6) is 5.75 Å². The van der Waals surface area contributed by atoms with Gasteiger partial charge in [0.15, 0.2) is 5.78 Å². The number of dihydropyridines is 1. The average Bonchev–Trinajstić information content (AvgIpc) is 2.65. The Balaban J connectivity index is 2.12. The van der Waals surface area contributed by atoms with E-state index >= 15 is 0 Å². The first-order chi connectivity index (χ1) is 12.6. The van der Waals surface area contributed by atoms with E-state index in [2.05, 4.69) is 5.32 Å². The van der Waals surface area contributed by atoms with Gasteiger partial charge >= 0.3 is 5.97 Å². The zero-order chi connectivity index (χ0) is 18.7. The van der Waals surface area contributed by atoms with Crippen molar-refractivity contribution in [2.75, 3.05) is 13.7 Å². The van der Waals surface area contributed by atoms with E-state index in [9.17, 15) is 9.59 Å². The Bertz CT molecular complexity index is 791. The van der Waals surface area contributed by atoms with Crippen molar-refractivity contribution in [3.05, 3.63) is 52.4 Å². The summed E-state index contributed by atoms with van der Waals surface area (Å²) in [6, 6.07) is 7.57. The van der Waals surface area contributed by atoms with Gasteiger partial charge in [-0.1, -0.05) is 19.1 Å². The number of hydrogen-bond donors (Lipinski definition) is 1. The molecule has 0 bridgehead atoms. The summed E-state index contributed by atoms with van der Waals surface area (Å²) in [6.07, 6.45) is 2.91. The van der Waals surface area contributed by atoms with Crippen LogP contribution in [0.15, 0.2) is 46.8 Å². The Morgan fingerprint density at radius 2 is 2.12 bits per heavy atom. The number of ether oxygens (including phenoxy) is 2. The molecule has 2 aliphatic rings. The molecule has 1 aliphatic carbocycles. The maximum atomic E-state index is 12.8. The molecule has 5 heteroatoms. The smallest absolute Gasteiger partial charge is 0.336 e. The van der Waals surface area contributed by atoms with E-state index in [-0.39, 0.29) is 11.8 Å². The Hall–Kier alpha value is -2.56. The molecular formula is C21H25NO4. The van der Waals surface area contributed by atoms with Crippen LogP contribution < -0.4 is 10.1 Å². The number of Topliss-reactive ketones (excluding diaryl/α,β-unsaturated/α-hetero) is 1. The summed E-state index contributed by atoms with van der Waals surface area (Å²) in [4.78, 5) is 25.6. The minimum absolute atomic E-state index is 0.0971. The fourth-order valence-electron chi connectivity index (χ4n) is 3.68. The largest absolute Gasteiger partial charge is 0.497 e. The molecule has 0 amide bonds. The third kappa shape index (κ3) is 3.39. The Morgan fingerprint density at radius 3 is 2.85 bits per heavy atom. The lowest BCUT2D eigenvalue weighted by molar-refractivity contribution is -0.139. The highest BCUT2D eigenvalue weighted by atomic mass is 16.5. The number of allylic oxidation sites excluding steroid dienone is 3. The number of carbonyl (C=O) groups is 2. The zero-order valence-corrected chi connectivity index (χ0v) is 15.6. The predicted octanol–water partition coefficient (Wildman–Crippen LogP) is 3.62. The van der Waals surface area contributed by atoms with Crippen molar-refractivity contribution in [2.45, 2.75) is 45.4 Å². The molecule has 5 nitrogen and oxygen atoms in total. The molecule has 3 rings (SSSR count). The third-order valence-electron chi connectivity index (χ3n) is 4.86. The third-order valence-corrected chi connectivity index (χ3v) is 4.86. The summed E-state index contributed by atoms with van der Waals surface area (Å²) in [7, 11) is 1.61. The van der Waals surface area contributed by atoms with Gasteiger partial charge in [-0.15, -0.1) is 0 Å². The number of rotatable bonds is 5. The van der Waals surface area contributed by atoms with E-state index < -0.39 is 5.92 Å². The first kappa shape index (κ1) is 18.2. The van der Waals surface area contributed by atoms with Crippen LogP contribution in [0.4, 0.5) is 0 Å². The van der Waals surface area contributed by atoms with E-state index in [1.165, 1.54) is 0 Å². The summed E-state index contributed by atoms with van der Waals surface area (Å²) in [5.74, 6) is 0.0123. The maximum Gasteiger partial charge on any atom is 0.336 e. The van der Waals surface area contributed by atoms with Gasteiger partial charge in [-0.25, -0.2) is 4.79 Å². The van der Waals surface area contributed by atoms with E-state index in [1.807, 2.05) is 38.1 Å². The molecule has 1 atom stereocenters. The minimum Gasteiger partial charge on any atom is -0.497 e. The second-order valence-corrected chi connectivity index (χ2v) is 6.68. The maximum absolute atomic E-state index is 12.8. The van der Waals surface area contributed by atoms with Gasteiger partial charge in [0.25, 0.3) is 0 Å². The van der Waals surface area contributed by atoms with E-state index in [0.717, 1.165) is 36.2 Å². The molecule has 1 aromatic carbocycles. The van der Waals surface area contributed by atoms with Crippen LogP contribution in [-0.4, -0.2) is 25.5 Å². The molecule has 26 heavy (non-hydrogen) atoms. The van der Waals surface area contributed by atoms with Gasteiger partial charge in [0.1, 0.15) is 5.75 Å². The lowest BCUT2D eigenvalue weighted by Crippen LogP contribution is -2.34. The highest BCUT2D eigenvalue weighted by molar-refractivity contribution is 6.03. The van der Waals surface area contributed by atoms with Crippen molar-refractivity contribution in [3.63, 3.8) is 0 Å². The predicted molar refractivity (Wildman–Crippen MR) is 98.7 cm³/mol. The van der Waals surface area contributed by atoms with Gasteiger partial charge in [0, 0.05) is 29.3 Å². The van der Waals surface area contributed by atoms with E-state index in [1.54, 1.807) is 7.11 Å². The first-order valence-electron chi connectivity index (χ1n) is 9.12. The lowest BCUT2D eigenvalue weighted by Gasteiger charge is -2.34. The van der Waals surface area contributed by atoms with Crippen LogP contribution in [0.2, 0.25) is 0 Å². The molecule has 1 aromatic rings. The number of methoxy groups -OCH3 is 1. The number of ketones is 1. The first-order valence-corrected chi connectivity index (χ1v) is 9.12. The SMILES string of the molecule is CCCOC(=O)C1=C(C)NC2=C(C(=O)CCC2)[C@@H]1c1cccc(OC)c1. The molecule has 1 heterocycles. The van der Waals surface area contributed by atoms with Gasteiger partial charge in [-0.3, -0.25) is 4.79 Å². The van der Waals surface area contributed by atoms with Gasteiger partial charge in [0.05, 0.1) is 19.3 Å². The van der Waals surface area contributed by atoms with Crippen molar-refractivity contribution in [1.82, 2.24) is 5.32 Å². The summed E-state index contributed by atoms with van der Waals surface area (Å²) >= 11 is 0. The zero-order valence-electron chi connectivity index (χ0n) is 15.6. The van der Waals surface area contributed by atoms with Gasteiger partial charge < -0.3 is 14.8 Å². The number of benzene rings is 1. The Kier molecular flexibility index (Phi) is 5.45. The van der Waals surface area contributed by atoms with Gasteiger partial charge in [-0.2, -0.15) is 0 Å². The molecular weight excluding hydrogens is 330 g/mol. The van der Waals surface area contributed by atoms with E-state index in [4.69, 9.17) is 9.47 Å². The van der Waals surface area contributed by atoms with Crippen molar-refractivity contribution < 1.29 is 19.1 Å². The highest BCUT2D eigenvalue weighted by Gasteiger charge is 2.39. The van der Waals surface area contributed by atoms with Crippen molar-refractivity contribution in [2.24, 2.45) is 0 Å². The molecule has 1 N–H and O–H groups in total. The monoisotopic (exact) mass is 355 g/mol.